The van der Waals surface area contributed by atoms with Gasteiger partial charge in [0, 0.05) is 28.7 Å². The molecule has 2 amide bonds. The first-order chi connectivity index (χ1) is 16.0. The van der Waals surface area contributed by atoms with Crippen molar-refractivity contribution in [1.82, 2.24) is 10.2 Å². The van der Waals surface area contributed by atoms with Crippen LogP contribution in [-0.2, 0) is 32.6 Å². The summed E-state index contributed by atoms with van der Waals surface area (Å²) in [5.74, 6) is -0.898. The van der Waals surface area contributed by atoms with E-state index in [1.165, 1.54) is 4.90 Å². The van der Waals surface area contributed by atoms with Gasteiger partial charge in [0.05, 0.1) is 11.9 Å². The van der Waals surface area contributed by atoms with Crippen LogP contribution in [0.4, 0.5) is 5.69 Å². The number of halogens is 2. The van der Waals surface area contributed by atoms with Crippen molar-refractivity contribution in [2.45, 2.75) is 46.2 Å². The second-order valence-corrected chi connectivity index (χ2v) is 10.7. The molecule has 0 aliphatic heterocycles. The maximum absolute atomic E-state index is 13.6. The van der Waals surface area contributed by atoms with E-state index < -0.39 is 28.5 Å². The molecule has 1 atom stereocenters. The molecule has 1 unspecified atom stereocenters. The Balaban J connectivity index is 2.47. The first kappa shape index (κ1) is 28.0. The van der Waals surface area contributed by atoms with Crippen molar-refractivity contribution in [1.29, 1.82) is 0 Å². The van der Waals surface area contributed by atoms with Gasteiger partial charge in [0.25, 0.3) is 0 Å². The number of benzene rings is 2. The Morgan fingerprint density at radius 1 is 1.03 bits per heavy atom. The number of nitrogens with one attached hydrogen (secondary N) is 1. The summed E-state index contributed by atoms with van der Waals surface area (Å²) in [6, 6.07) is 11.1. The molecule has 0 saturated carbocycles. The zero-order valence-electron chi connectivity index (χ0n) is 19.8. The molecule has 0 radical (unpaired) electrons. The Morgan fingerprint density at radius 2 is 1.65 bits per heavy atom. The number of amides is 2. The number of hydrogen-bond donors (Lipinski definition) is 1. The van der Waals surface area contributed by atoms with Gasteiger partial charge in [0.15, 0.2) is 0 Å². The van der Waals surface area contributed by atoms with E-state index in [9.17, 15) is 18.0 Å². The van der Waals surface area contributed by atoms with E-state index in [4.69, 9.17) is 23.2 Å². The van der Waals surface area contributed by atoms with Crippen LogP contribution in [0.1, 0.15) is 38.3 Å². The molecule has 2 aromatic carbocycles. The molecule has 0 spiro atoms. The monoisotopic (exact) mass is 527 g/mol. The van der Waals surface area contributed by atoms with Crippen molar-refractivity contribution in [2.24, 2.45) is 0 Å². The fourth-order valence-corrected chi connectivity index (χ4v) is 4.88. The molecule has 0 fully saturated rings. The fraction of sp³-hybridized carbons (Fsp3) is 0.417. The molecular formula is C24H31Cl2N3O4S. The molecular weight excluding hydrogens is 497 g/mol. The molecule has 7 nitrogen and oxygen atoms in total. The van der Waals surface area contributed by atoms with Crippen molar-refractivity contribution in [3.8, 4) is 0 Å². The van der Waals surface area contributed by atoms with Gasteiger partial charge in [0.2, 0.25) is 21.8 Å². The Kier molecular flexibility index (Phi) is 10.2. The van der Waals surface area contributed by atoms with Crippen LogP contribution in [0.5, 0.6) is 0 Å². The first-order valence-corrected chi connectivity index (χ1v) is 13.7. The van der Waals surface area contributed by atoms with Gasteiger partial charge < -0.3 is 10.2 Å². The molecule has 0 saturated heterocycles. The maximum Gasteiger partial charge on any atom is 0.244 e. The highest BCUT2D eigenvalue weighted by molar-refractivity contribution is 7.92. The molecule has 0 aromatic heterocycles. The summed E-state index contributed by atoms with van der Waals surface area (Å²) < 4.78 is 26.5. The lowest BCUT2D eigenvalue weighted by atomic mass is 10.1. The van der Waals surface area contributed by atoms with Gasteiger partial charge in [-0.2, -0.15) is 0 Å². The van der Waals surface area contributed by atoms with Crippen molar-refractivity contribution in [2.75, 3.05) is 23.7 Å². The van der Waals surface area contributed by atoms with Crippen LogP contribution < -0.4 is 9.62 Å². The first-order valence-electron chi connectivity index (χ1n) is 11.1. The molecule has 10 heteroatoms. The van der Waals surface area contributed by atoms with Gasteiger partial charge in [0.1, 0.15) is 12.6 Å². The highest BCUT2D eigenvalue weighted by Gasteiger charge is 2.31. The molecule has 186 valence electrons. The standard InChI is InChI=1S/C24H31Cl2N3O4S/c1-5-14-27-24(31)17(3)28(15-19-20(25)11-9-12-21(19)26)23(30)16-29(34(4,32)33)22-13-8-7-10-18(22)6-2/h7-13,17H,5-6,14-16H2,1-4H3,(H,27,31). The van der Waals surface area contributed by atoms with Crippen LogP contribution in [0.15, 0.2) is 42.5 Å². The molecule has 34 heavy (non-hydrogen) atoms. The molecule has 2 aromatic rings. The summed E-state index contributed by atoms with van der Waals surface area (Å²) in [4.78, 5) is 27.6. The molecule has 0 bridgehead atoms. The van der Waals surface area contributed by atoms with Crippen LogP contribution in [0, 0.1) is 0 Å². The smallest absolute Gasteiger partial charge is 0.244 e. The predicted octanol–water partition coefficient (Wildman–Crippen LogP) is 4.27. The van der Waals surface area contributed by atoms with Crippen LogP contribution in [0.25, 0.3) is 0 Å². The van der Waals surface area contributed by atoms with Gasteiger partial charge in [-0.05, 0) is 43.5 Å². The normalized spacial score (nSPS) is 12.2. The lowest BCUT2D eigenvalue weighted by Gasteiger charge is -2.32. The zero-order chi connectivity index (χ0) is 25.5. The Hall–Kier alpha value is -2.29. The average molecular weight is 529 g/mol. The quantitative estimate of drug-likeness (QED) is 0.472. The van der Waals surface area contributed by atoms with Crippen LogP contribution >= 0.6 is 23.2 Å². The van der Waals surface area contributed by atoms with E-state index in [0.29, 0.717) is 34.3 Å². The second-order valence-electron chi connectivity index (χ2n) is 7.94. The highest BCUT2D eigenvalue weighted by Crippen LogP contribution is 2.28. The van der Waals surface area contributed by atoms with Gasteiger partial charge in [-0.25, -0.2) is 8.42 Å². The van der Waals surface area contributed by atoms with Gasteiger partial charge in [-0.15, -0.1) is 0 Å². The summed E-state index contributed by atoms with van der Waals surface area (Å²) in [6.45, 7) is 5.36. The third-order valence-corrected chi connectivity index (χ3v) is 7.26. The van der Waals surface area contributed by atoms with Crippen molar-refractivity contribution >= 4 is 50.7 Å². The van der Waals surface area contributed by atoms with Gasteiger partial charge in [-0.3, -0.25) is 13.9 Å². The summed E-state index contributed by atoms with van der Waals surface area (Å²) in [6.07, 6.45) is 2.38. The molecule has 0 aliphatic carbocycles. The van der Waals surface area contributed by atoms with Crippen molar-refractivity contribution in [3.05, 3.63) is 63.6 Å². The number of carbonyl (C=O) groups excluding carboxylic acids is 2. The van der Waals surface area contributed by atoms with E-state index >= 15 is 0 Å². The zero-order valence-corrected chi connectivity index (χ0v) is 22.2. The minimum atomic E-state index is -3.80. The SMILES string of the molecule is CCCNC(=O)C(C)N(Cc1c(Cl)cccc1Cl)C(=O)CN(c1ccccc1CC)S(C)(=O)=O. The number of anilines is 1. The Morgan fingerprint density at radius 3 is 2.21 bits per heavy atom. The number of hydrogen-bond acceptors (Lipinski definition) is 4. The topological polar surface area (TPSA) is 86.8 Å². The van der Waals surface area contributed by atoms with E-state index in [2.05, 4.69) is 5.32 Å². The minimum absolute atomic E-state index is 0.0505. The van der Waals surface area contributed by atoms with Gasteiger partial charge >= 0.3 is 0 Å². The van der Waals surface area contributed by atoms with Crippen LogP contribution in [0.2, 0.25) is 10.0 Å². The fourth-order valence-electron chi connectivity index (χ4n) is 3.48. The van der Waals surface area contributed by atoms with E-state index in [1.54, 1.807) is 37.3 Å². The van der Waals surface area contributed by atoms with Gasteiger partial charge in [-0.1, -0.05) is 61.3 Å². The van der Waals surface area contributed by atoms with E-state index in [-0.39, 0.29) is 12.5 Å². The van der Waals surface area contributed by atoms with Crippen molar-refractivity contribution in [3.63, 3.8) is 0 Å². The molecule has 1 N–H and O–H groups in total. The number of nitrogens with zero attached hydrogens (tertiary/aromatic N) is 2. The second kappa shape index (κ2) is 12.4. The average Bonchev–Trinajstić information content (AvgIpc) is 2.79. The summed E-state index contributed by atoms with van der Waals surface area (Å²) in [5, 5.41) is 3.48. The molecule has 0 heterocycles. The highest BCUT2D eigenvalue weighted by atomic mass is 35.5. The predicted molar refractivity (Wildman–Crippen MR) is 138 cm³/mol. The number of sulfonamides is 1. The number of rotatable bonds is 11. The molecule has 2 rings (SSSR count). The summed E-state index contributed by atoms with van der Waals surface area (Å²) >= 11 is 12.7. The summed E-state index contributed by atoms with van der Waals surface area (Å²) in [7, 11) is -3.80. The lowest BCUT2D eigenvalue weighted by molar-refractivity contribution is -0.139. The summed E-state index contributed by atoms with van der Waals surface area (Å²) in [5.41, 5.74) is 1.70. The lowest BCUT2D eigenvalue weighted by Crippen LogP contribution is -2.51. The maximum atomic E-state index is 13.6. The Labute approximate surface area is 212 Å². The number of para-hydroxylation sites is 1. The molecule has 0 aliphatic rings. The van der Waals surface area contributed by atoms with Crippen LogP contribution in [-0.4, -0.2) is 50.5 Å². The van der Waals surface area contributed by atoms with Crippen LogP contribution in [0.3, 0.4) is 0 Å². The minimum Gasteiger partial charge on any atom is -0.354 e. The Bertz CT molecular complexity index is 1100. The third kappa shape index (κ3) is 7.10. The largest absolute Gasteiger partial charge is 0.354 e. The van der Waals surface area contributed by atoms with E-state index in [1.807, 2.05) is 26.0 Å². The third-order valence-electron chi connectivity index (χ3n) is 5.43. The van der Waals surface area contributed by atoms with Crippen molar-refractivity contribution < 1.29 is 18.0 Å². The number of carbonyl (C=O) groups is 2. The number of aryl methyl sites for hydroxylation is 1. The van der Waals surface area contributed by atoms with E-state index in [0.717, 1.165) is 22.5 Å².